The van der Waals surface area contributed by atoms with Crippen LogP contribution in [0.2, 0.25) is 0 Å². The lowest BCUT2D eigenvalue weighted by molar-refractivity contribution is -0.130. The molecule has 1 fully saturated rings. The van der Waals surface area contributed by atoms with Gasteiger partial charge in [-0.05, 0) is 39.3 Å². The van der Waals surface area contributed by atoms with Crippen molar-refractivity contribution in [2.45, 2.75) is 39.3 Å². The number of hydrogen-bond acceptors (Lipinski definition) is 4. The van der Waals surface area contributed by atoms with Gasteiger partial charge in [0.2, 0.25) is 5.91 Å². The molecule has 6 heteroatoms. The van der Waals surface area contributed by atoms with E-state index in [4.69, 9.17) is 0 Å². The molecule has 1 aromatic carbocycles. The number of amides is 1. The number of likely N-dealkylation sites (N-methyl/N-ethyl adjacent to an activating group) is 1. The smallest absolute Gasteiger partial charge is 0.242 e. The van der Waals surface area contributed by atoms with Gasteiger partial charge in [-0.15, -0.1) is 0 Å². The number of carbonyl (C=O) groups is 1. The lowest BCUT2D eigenvalue weighted by atomic mass is 10.1. The van der Waals surface area contributed by atoms with Crippen LogP contribution in [0.1, 0.15) is 25.8 Å². The number of hydrogen-bond donors (Lipinski definition) is 0. The first-order valence-corrected chi connectivity index (χ1v) is 9.81. The summed E-state index contributed by atoms with van der Waals surface area (Å²) in [6, 6.07) is 8.08. The first-order chi connectivity index (χ1) is 10.7. The molecule has 0 bridgehead atoms. The van der Waals surface area contributed by atoms with E-state index >= 15 is 0 Å². The van der Waals surface area contributed by atoms with Crippen molar-refractivity contribution in [2.24, 2.45) is 0 Å². The van der Waals surface area contributed by atoms with E-state index < -0.39 is 9.84 Å². The van der Waals surface area contributed by atoms with E-state index in [2.05, 4.69) is 0 Å². The summed E-state index contributed by atoms with van der Waals surface area (Å²) in [6.45, 7) is 6.39. The monoisotopic (exact) mass is 338 g/mol. The van der Waals surface area contributed by atoms with Crippen LogP contribution in [0.25, 0.3) is 0 Å². The van der Waals surface area contributed by atoms with E-state index in [0.717, 1.165) is 5.69 Å². The van der Waals surface area contributed by atoms with Gasteiger partial charge in [-0.3, -0.25) is 4.79 Å². The Balaban J connectivity index is 2.07. The molecule has 0 aliphatic carbocycles. The molecule has 0 N–H and O–H groups in total. The number of nitrogens with zero attached hydrogens (tertiary/aromatic N) is 2. The highest BCUT2D eigenvalue weighted by atomic mass is 32.2. The molecule has 128 valence electrons. The fourth-order valence-electron chi connectivity index (χ4n) is 2.85. The molecule has 1 aliphatic heterocycles. The van der Waals surface area contributed by atoms with Gasteiger partial charge >= 0.3 is 0 Å². The van der Waals surface area contributed by atoms with Crippen LogP contribution in [0, 0.1) is 6.92 Å². The number of sulfone groups is 1. The third kappa shape index (κ3) is 4.47. The van der Waals surface area contributed by atoms with Crippen LogP contribution < -0.4 is 4.90 Å². The average molecular weight is 338 g/mol. The predicted octanol–water partition coefficient (Wildman–Crippen LogP) is 1.86. The quantitative estimate of drug-likeness (QED) is 0.822. The Labute approximate surface area is 139 Å². The summed E-state index contributed by atoms with van der Waals surface area (Å²) in [5, 5.41) is 0. The molecule has 1 atom stereocenters. The first kappa shape index (κ1) is 17.8. The molecule has 0 radical (unpaired) electrons. The van der Waals surface area contributed by atoms with Gasteiger partial charge in [0.05, 0.1) is 18.1 Å². The minimum absolute atomic E-state index is 0.0404. The van der Waals surface area contributed by atoms with Crippen molar-refractivity contribution in [3.8, 4) is 0 Å². The maximum absolute atomic E-state index is 12.6. The minimum Gasteiger partial charge on any atom is -0.360 e. The zero-order valence-electron chi connectivity index (χ0n) is 14.3. The molecule has 0 saturated carbocycles. The molecule has 0 unspecified atom stereocenters. The summed E-state index contributed by atoms with van der Waals surface area (Å²) in [6.07, 6.45) is 0.538. The second-order valence-corrected chi connectivity index (χ2v) is 8.85. The van der Waals surface area contributed by atoms with Crippen LogP contribution in [0.3, 0.4) is 0 Å². The van der Waals surface area contributed by atoms with Crippen molar-refractivity contribution >= 4 is 21.4 Å². The Hall–Kier alpha value is -1.56. The van der Waals surface area contributed by atoms with Gasteiger partial charge in [-0.2, -0.15) is 0 Å². The van der Waals surface area contributed by atoms with Gasteiger partial charge in [0.1, 0.15) is 0 Å². The topological polar surface area (TPSA) is 57.7 Å². The van der Waals surface area contributed by atoms with Gasteiger partial charge in [0, 0.05) is 24.8 Å². The molecule has 1 heterocycles. The third-order valence-electron chi connectivity index (χ3n) is 4.44. The van der Waals surface area contributed by atoms with Gasteiger partial charge in [0.25, 0.3) is 0 Å². The Bertz CT molecular complexity index is 653. The molecular formula is C17H26N2O3S. The zero-order valence-corrected chi connectivity index (χ0v) is 15.1. The van der Waals surface area contributed by atoms with Gasteiger partial charge in [-0.1, -0.05) is 17.7 Å². The van der Waals surface area contributed by atoms with Crippen LogP contribution in [-0.4, -0.2) is 56.4 Å². The highest BCUT2D eigenvalue weighted by molar-refractivity contribution is 7.91. The summed E-state index contributed by atoms with van der Waals surface area (Å²) in [7, 11) is -1.27. The van der Waals surface area contributed by atoms with Crippen molar-refractivity contribution in [2.75, 3.05) is 30.0 Å². The number of aryl methyl sites for hydroxylation is 1. The second-order valence-electron chi connectivity index (χ2n) is 6.62. The number of benzene rings is 1. The molecule has 0 spiro atoms. The molecule has 2 rings (SSSR count). The maximum Gasteiger partial charge on any atom is 0.242 e. The lowest BCUT2D eigenvalue weighted by Crippen LogP contribution is -2.45. The van der Waals surface area contributed by atoms with E-state index in [-0.39, 0.29) is 36.0 Å². The molecule has 1 aliphatic rings. The fraction of sp³-hybridized carbons (Fsp3) is 0.588. The SMILES string of the molecule is Cc1ccc(N(CC(=O)N(C)[C@H]2CCS(=O)(=O)C2)C(C)C)cc1. The highest BCUT2D eigenvalue weighted by Gasteiger charge is 2.33. The zero-order chi connectivity index (χ0) is 17.2. The summed E-state index contributed by atoms with van der Waals surface area (Å²) >= 11 is 0. The summed E-state index contributed by atoms with van der Waals surface area (Å²) in [4.78, 5) is 16.2. The Morgan fingerprint density at radius 1 is 1.26 bits per heavy atom. The maximum atomic E-state index is 12.6. The largest absolute Gasteiger partial charge is 0.360 e. The van der Waals surface area contributed by atoms with Crippen LogP contribution in [-0.2, 0) is 14.6 Å². The summed E-state index contributed by atoms with van der Waals surface area (Å²) in [5.74, 6) is 0.226. The Morgan fingerprint density at radius 2 is 1.87 bits per heavy atom. The molecule has 1 aromatic rings. The molecular weight excluding hydrogens is 312 g/mol. The van der Waals surface area contributed by atoms with Crippen molar-refractivity contribution in [3.63, 3.8) is 0 Å². The number of carbonyl (C=O) groups excluding carboxylic acids is 1. The van der Waals surface area contributed by atoms with E-state index in [0.29, 0.717) is 6.42 Å². The van der Waals surface area contributed by atoms with Gasteiger partial charge in [-0.25, -0.2) is 8.42 Å². The molecule has 5 nitrogen and oxygen atoms in total. The lowest BCUT2D eigenvalue weighted by Gasteiger charge is -2.32. The van der Waals surface area contributed by atoms with Gasteiger partial charge < -0.3 is 9.80 Å². The second kappa shape index (κ2) is 6.91. The first-order valence-electron chi connectivity index (χ1n) is 7.99. The fourth-order valence-corrected chi connectivity index (χ4v) is 4.62. The third-order valence-corrected chi connectivity index (χ3v) is 6.19. The number of rotatable bonds is 5. The van der Waals surface area contributed by atoms with Crippen LogP contribution in [0.4, 0.5) is 5.69 Å². The highest BCUT2D eigenvalue weighted by Crippen LogP contribution is 2.20. The van der Waals surface area contributed by atoms with Crippen molar-refractivity contribution in [1.29, 1.82) is 0 Å². The van der Waals surface area contributed by atoms with Crippen molar-refractivity contribution in [3.05, 3.63) is 29.8 Å². The van der Waals surface area contributed by atoms with Crippen molar-refractivity contribution in [1.82, 2.24) is 4.90 Å². The minimum atomic E-state index is -2.98. The normalized spacial score (nSPS) is 19.8. The van der Waals surface area contributed by atoms with E-state index in [1.54, 1.807) is 11.9 Å². The van der Waals surface area contributed by atoms with Crippen LogP contribution in [0.15, 0.2) is 24.3 Å². The molecule has 1 saturated heterocycles. The Morgan fingerprint density at radius 3 is 2.35 bits per heavy atom. The summed E-state index contributed by atoms with van der Waals surface area (Å²) in [5.41, 5.74) is 2.18. The molecule has 0 aromatic heterocycles. The standard InChI is InChI=1S/C17H26N2O3S/c1-13(2)19(15-7-5-14(3)6-8-15)11-17(20)18(4)16-9-10-23(21,22)12-16/h5-8,13,16H,9-12H2,1-4H3/t16-/m0/s1. The van der Waals surface area contributed by atoms with Gasteiger partial charge in [0.15, 0.2) is 9.84 Å². The average Bonchev–Trinajstić information content (AvgIpc) is 2.84. The van der Waals surface area contributed by atoms with Crippen LogP contribution >= 0.6 is 0 Å². The van der Waals surface area contributed by atoms with Crippen molar-refractivity contribution < 1.29 is 13.2 Å². The Kier molecular flexibility index (Phi) is 5.34. The summed E-state index contributed by atoms with van der Waals surface area (Å²) < 4.78 is 23.2. The van der Waals surface area contributed by atoms with E-state index in [1.807, 2.05) is 49.9 Å². The van der Waals surface area contributed by atoms with E-state index in [9.17, 15) is 13.2 Å². The molecule has 1 amide bonds. The van der Waals surface area contributed by atoms with E-state index in [1.165, 1.54) is 5.56 Å². The van der Waals surface area contributed by atoms with Crippen LogP contribution in [0.5, 0.6) is 0 Å². The molecule has 23 heavy (non-hydrogen) atoms. The predicted molar refractivity (Wildman–Crippen MR) is 93.5 cm³/mol. The number of anilines is 1.